The Morgan fingerprint density at radius 1 is 0.889 bits per heavy atom. The molecule has 4 nitrogen and oxygen atoms in total. The lowest BCUT2D eigenvalue weighted by atomic mass is 9.86. The van der Waals surface area contributed by atoms with Crippen molar-refractivity contribution in [2.75, 3.05) is 20.8 Å². The van der Waals surface area contributed by atoms with Crippen molar-refractivity contribution in [3.63, 3.8) is 0 Å². The molecule has 0 fully saturated rings. The van der Waals surface area contributed by atoms with E-state index in [-0.39, 0.29) is 5.91 Å². The molecule has 1 aliphatic heterocycles. The van der Waals surface area contributed by atoms with E-state index in [2.05, 4.69) is 0 Å². The topological polar surface area (TPSA) is 38.8 Å². The molecule has 0 N–H and O–H groups in total. The highest BCUT2D eigenvalue weighted by atomic mass is 19.4. The minimum absolute atomic E-state index is 0.241. The predicted molar refractivity (Wildman–Crippen MR) is 132 cm³/mol. The van der Waals surface area contributed by atoms with E-state index < -0.39 is 17.8 Å². The lowest BCUT2D eigenvalue weighted by Gasteiger charge is -2.38. The highest BCUT2D eigenvalue weighted by Crippen LogP contribution is 2.43. The molecule has 0 bridgehead atoms. The van der Waals surface area contributed by atoms with Gasteiger partial charge in [0.2, 0.25) is 0 Å². The Labute approximate surface area is 206 Å². The zero-order valence-corrected chi connectivity index (χ0v) is 19.8. The number of hydrogen-bond acceptors (Lipinski definition) is 3. The quantitative estimate of drug-likeness (QED) is 0.320. The summed E-state index contributed by atoms with van der Waals surface area (Å²) in [5.41, 5.74) is 1.74. The van der Waals surface area contributed by atoms with Crippen LogP contribution in [0.25, 0.3) is 10.8 Å². The van der Waals surface area contributed by atoms with Gasteiger partial charge < -0.3 is 14.4 Å². The van der Waals surface area contributed by atoms with Crippen molar-refractivity contribution in [1.29, 1.82) is 0 Å². The van der Waals surface area contributed by atoms with Crippen molar-refractivity contribution in [1.82, 2.24) is 4.90 Å². The summed E-state index contributed by atoms with van der Waals surface area (Å²) >= 11 is 0. The second-order valence-corrected chi connectivity index (χ2v) is 8.71. The largest absolute Gasteiger partial charge is 0.493 e. The van der Waals surface area contributed by atoms with Gasteiger partial charge in [-0.05, 0) is 64.2 Å². The number of benzene rings is 4. The number of fused-ring (bicyclic) bond motifs is 2. The molecular formula is C29H24F3NO3. The van der Waals surface area contributed by atoms with Crippen molar-refractivity contribution >= 4 is 16.7 Å². The molecule has 4 aromatic carbocycles. The van der Waals surface area contributed by atoms with Gasteiger partial charge in [-0.25, -0.2) is 0 Å². The molecule has 0 aromatic heterocycles. The van der Waals surface area contributed by atoms with E-state index in [0.29, 0.717) is 41.2 Å². The first-order chi connectivity index (χ1) is 17.3. The fraction of sp³-hybridized carbons (Fsp3) is 0.207. The van der Waals surface area contributed by atoms with Crippen LogP contribution < -0.4 is 9.47 Å². The average Bonchev–Trinajstić information content (AvgIpc) is 2.90. The maximum atomic E-state index is 14.0. The standard InChI is InChI=1S/C29H24F3NO3/c1-35-25-16-19-13-14-33(28(34)23-12-6-8-18-7-3-4-11-22(18)23)27(24(19)17-26(25)36-2)20-9-5-10-21(15-20)29(30,31)32/h3-12,15-17,27H,13-14H2,1-2H3/t27-/m0/s1. The molecule has 0 unspecified atom stereocenters. The first-order valence-electron chi connectivity index (χ1n) is 11.5. The first kappa shape index (κ1) is 23.7. The summed E-state index contributed by atoms with van der Waals surface area (Å²) in [6, 6.07) is 21.1. The van der Waals surface area contributed by atoms with E-state index >= 15 is 0 Å². The van der Waals surface area contributed by atoms with Crippen LogP contribution in [0.2, 0.25) is 0 Å². The molecule has 0 spiro atoms. The summed E-state index contributed by atoms with van der Waals surface area (Å²) in [4.78, 5) is 15.7. The maximum Gasteiger partial charge on any atom is 0.416 e. The molecule has 5 rings (SSSR count). The van der Waals surface area contributed by atoms with Crippen molar-refractivity contribution in [3.05, 3.63) is 107 Å². The summed E-state index contributed by atoms with van der Waals surface area (Å²) in [6.07, 6.45) is -3.97. The number of hydrogen-bond donors (Lipinski definition) is 0. The molecule has 184 valence electrons. The molecule has 0 saturated heterocycles. The van der Waals surface area contributed by atoms with Crippen molar-refractivity contribution in [3.8, 4) is 11.5 Å². The van der Waals surface area contributed by atoms with Gasteiger partial charge in [0.15, 0.2) is 11.5 Å². The van der Waals surface area contributed by atoms with Crippen LogP contribution in [0.5, 0.6) is 11.5 Å². The molecule has 1 amide bonds. The fourth-order valence-corrected chi connectivity index (χ4v) is 4.98. The molecule has 1 heterocycles. The molecule has 0 aliphatic carbocycles. The zero-order valence-electron chi connectivity index (χ0n) is 19.8. The maximum absolute atomic E-state index is 14.0. The van der Waals surface area contributed by atoms with Gasteiger partial charge in [0.25, 0.3) is 5.91 Å². The molecule has 7 heteroatoms. The van der Waals surface area contributed by atoms with Crippen LogP contribution >= 0.6 is 0 Å². The van der Waals surface area contributed by atoms with Crippen molar-refractivity contribution < 1.29 is 27.4 Å². The summed E-state index contributed by atoms with van der Waals surface area (Å²) in [5, 5.41) is 1.72. The monoisotopic (exact) mass is 491 g/mol. The Morgan fingerprint density at radius 2 is 1.58 bits per heavy atom. The number of alkyl halides is 3. The number of rotatable bonds is 4. The van der Waals surface area contributed by atoms with E-state index in [0.717, 1.165) is 28.5 Å². The molecule has 36 heavy (non-hydrogen) atoms. The Hall–Kier alpha value is -4.00. The second kappa shape index (κ2) is 9.22. The normalized spacial score (nSPS) is 15.5. The summed E-state index contributed by atoms with van der Waals surface area (Å²) < 4.78 is 51.8. The number of methoxy groups -OCH3 is 2. The molecule has 0 radical (unpaired) electrons. The number of nitrogens with zero attached hydrogens (tertiary/aromatic N) is 1. The molecule has 1 atom stereocenters. The number of carbonyl (C=O) groups is 1. The number of ether oxygens (including phenoxy) is 2. The molecule has 1 aliphatic rings. The smallest absolute Gasteiger partial charge is 0.416 e. The Balaban J connectivity index is 1.69. The Morgan fingerprint density at radius 3 is 2.33 bits per heavy atom. The Kier molecular flexibility index (Phi) is 6.08. The summed E-state index contributed by atoms with van der Waals surface area (Å²) in [5.74, 6) is 0.746. The third-order valence-corrected chi connectivity index (χ3v) is 6.68. The van der Waals surface area contributed by atoms with Gasteiger partial charge in [0, 0.05) is 12.1 Å². The SMILES string of the molecule is COc1cc2c(cc1OC)[C@H](c1cccc(C(F)(F)F)c1)N(C(=O)c1cccc3ccccc13)CC2. The van der Waals surface area contributed by atoms with Crippen molar-refractivity contribution in [2.24, 2.45) is 0 Å². The molecule has 0 saturated carbocycles. The predicted octanol–water partition coefficient (Wildman–Crippen LogP) is 6.66. The fourth-order valence-electron chi connectivity index (χ4n) is 4.98. The minimum atomic E-state index is -4.50. The van der Waals surface area contributed by atoms with E-state index in [1.165, 1.54) is 20.3 Å². The lowest BCUT2D eigenvalue weighted by molar-refractivity contribution is -0.137. The summed E-state index contributed by atoms with van der Waals surface area (Å²) in [6.45, 7) is 0.339. The highest BCUT2D eigenvalue weighted by molar-refractivity contribution is 6.07. The average molecular weight is 492 g/mol. The van der Waals surface area contributed by atoms with Gasteiger partial charge in [-0.3, -0.25) is 4.79 Å². The number of halogens is 3. The van der Waals surface area contributed by atoms with Gasteiger partial charge in [-0.15, -0.1) is 0 Å². The van der Waals surface area contributed by atoms with E-state index in [9.17, 15) is 18.0 Å². The second-order valence-electron chi connectivity index (χ2n) is 8.71. The van der Waals surface area contributed by atoms with Gasteiger partial charge >= 0.3 is 6.18 Å². The number of carbonyl (C=O) groups excluding carboxylic acids is 1. The van der Waals surface area contributed by atoms with Crippen LogP contribution in [0.1, 0.15) is 38.7 Å². The van der Waals surface area contributed by atoms with Crippen LogP contribution in [0.3, 0.4) is 0 Å². The highest BCUT2D eigenvalue weighted by Gasteiger charge is 2.36. The van der Waals surface area contributed by atoms with Gasteiger partial charge in [-0.2, -0.15) is 13.2 Å². The van der Waals surface area contributed by atoms with Gasteiger partial charge in [0.1, 0.15) is 0 Å². The third-order valence-electron chi connectivity index (χ3n) is 6.68. The van der Waals surface area contributed by atoms with Crippen LogP contribution in [0.4, 0.5) is 13.2 Å². The summed E-state index contributed by atoms with van der Waals surface area (Å²) in [7, 11) is 3.04. The van der Waals surface area contributed by atoms with Gasteiger partial charge in [0.05, 0.1) is 25.8 Å². The van der Waals surface area contributed by atoms with Gasteiger partial charge in [-0.1, -0.05) is 48.5 Å². The lowest BCUT2D eigenvalue weighted by Crippen LogP contribution is -2.40. The van der Waals surface area contributed by atoms with Crippen LogP contribution in [-0.4, -0.2) is 31.6 Å². The van der Waals surface area contributed by atoms with E-state index in [4.69, 9.17) is 9.47 Å². The van der Waals surface area contributed by atoms with Crippen molar-refractivity contribution in [2.45, 2.75) is 18.6 Å². The molecular weight excluding hydrogens is 467 g/mol. The van der Waals surface area contributed by atoms with Crippen LogP contribution in [0.15, 0.2) is 78.9 Å². The third kappa shape index (κ3) is 4.15. The molecule has 4 aromatic rings. The van der Waals surface area contributed by atoms with Crippen LogP contribution in [-0.2, 0) is 12.6 Å². The number of amides is 1. The van der Waals surface area contributed by atoms with E-state index in [1.54, 1.807) is 23.1 Å². The van der Waals surface area contributed by atoms with E-state index in [1.807, 2.05) is 42.5 Å². The zero-order chi connectivity index (χ0) is 25.4. The first-order valence-corrected chi connectivity index (χ1v) is 11.5. The van der Waals surface area contributed by atoms with Crippen LogP contribution in [0, 0.1) is 0 Å². The minimum Gasteiger partial charge on any atom is -0.493 e. The Bertz CT molecular complexity index is 1440.